The summed E-state index contributed by atoms with van der Waals surface area (Å²) in [6.07, 6.45) is 1.95. The Morgan fingerprint density at radius 3 is 2.75 bits per heavy atom. The standard InChI is InChI=1S/C23H29ClN2O2/c1-17-9-11-21(12-10-17)28-16-18(2)25-23(27)20-7-5-13-26(15-20)14-19-6-3-4-8-22(19)24/h3-4,6,8-12,18,20H,5,7,13-16H2,1-2H3,(H,25,27)/t18-,20-/m1/s1. The Hall–Kier alpha value is -2.04. The summed E-state index contributed by atoms with van der Waals surface area (Å²) < 4.78 is 5.78. The van der Waals surface area contributed by atoms with E-state index < -0.39 is 0 Å². The van der Waals surface area contributed by atoms with Crippen LogP contribution in [0, 0.1) is 12.8 Å². The maximum absolute atomic E-state index is 12.7. The molecule has 150 valence electrons. The van der Waals surface area contributed by atoms with E-state index in [1.54, 1.807) is 0 Å². The molecule has 0 unspecified atom stereocenters. The molecule has 0 bridgehead atoms. The van der Waals surface area contributed by atoms with Gasteiger partial charge in [-0.25, -0.2) is 0 Å². The number of hydrogen-bond donors (Lipinski definition) is 1. The van der Waals surface area contributed by atoms with Crippen molar-refractivity contribution in [3.05, 3.63) is 64.7 Å². The van der Waals surface area contributed by atoms with Crippen LogP contribution >= 0.6 is 11.6 Å². The van der Waals surface area contributed by atoms with Gasteiger partial charge in [-0.2, -0.15) is 0 Å². The molecule has 2 aromatic carbocycles. The molecule has 0 aromatic heterocycles. The SMILES string of the molecule is Cc1ccc(OC[C@@H](C)NC(=O)[C@@H]2CCCN(Cc3ccccc3Cl)C2)cc1. The molecule has 4 nitrogen and oxygen atoms in total. The lowest BCUT2D eigenvalue weighted by atomic mass is 9.96. The predicted octanol–water partition coefficient (Wildman–Crippen LogP) is 4.44. The van der Waals surface area contributed by atoms with E-state index >= 15 is 0 Å². The van der Waals surface area contributed by atoms with Crippen molar-refractivity contribution in [2.75, 3.05) is 19.7 Å². The molecule has 1 aliphatic rings. The van der Waals surface area contributed by atoms with Crippen LogP contribution in [0.1, 0.15) is 30.9 Å². The zero-order valence-electron chi connectivity index (χ0n) is 16.7. The number of likely N-dealkylation sites (tertiary alicyclic amines) is 1. The van der Waals surface area contributed by atoms with E-state index in [1.807, 2.05) is 56.3 Å². The summed E-state index contributed by atoms with van der Waals surface area (Å²) in [6.45, 7) is 7.05. The van der Waals surface area contributed by atoms with Crippen molar-refractivity contribution in [3.8, 4) is 5.75 Å². The van der Waals surface area contributed by atoms with Crippen LogP contribution in [0.3, 0.4) is 0 Å². The fraction of sp³-hybridized carbons (Fsp3) is 0.435. The van der Waals surface area contributed by atoms with E-state index in [9.17, 15) is 4.79 Å². The van der Waals surface area contributed by atoms with E-state index in [1.165, 1.54) is 5.56 Å². The Balaban J connectivity index is 1.46. The minimum Gasteiger partial charge on any atom is -0.491 e. The number of piperidine rings is 1. The van der Waals surface area contributed by atoms with Crippen molar-refractivity contribution in [2.24, 2.45) is 5.92 Å². The molecule has 3 rings (SSSR count). The van der Waals surface area contributed by atoms with E-state index in [2.05, 4.69) is 16.3 Å². The number of ether oxygens (including phenoxy) is 1. The average Bonchev–Trinajstić information content (AvgIpc) is 2.69. The maximum Gasteiger partial charge on any atom is 0.224 e. The highest BCUT2D eigenvalue weighted by molar-refractivity contribution is 6.31. The fourth-order valence-electron chi connectivity index (χ4n) is 3.54. The van der Waals surface area contributed by atoms with Crippen molar-refractivity contribution in [1.29, 1.82) is 0 Å². The molecule has 0 spiro atoms. The molecule has 0 aliphatic carbocycles. The van der Waals surface area contributed by atoms with E-state index in [0.717, 1.165) is 48.8 Å². The maximum atomic E-state index is 12.7. The quantitative estimate of drug-likeness (QED) is 0.746. The Kier molecular flexibility index (Phi) is 7.35. The molecule has 1 saturated heterocycles. The number of amides is 1. The van der Waals surface area contributed by atoms with E-state index in [4.69, 9.17) is 16.3 Å². The Morgan fingerprint density at radius 2 is 2.00 bits per heavy atom. The summed E-state index contributed by atoms with van der Waals surface area (Å²) in [5, 5.41) is 3.90. The second-order valence-corrected chi connectivity index (χ2v) is 8.11. The summed E-state index contributed by atoms with van der Waals surface area (Å²) in [6, 6.07) is 15.8. The van der Waals surface area contributed by atoms with Gasteiger partial charge < -0.3 is 10.1 Å². The monoisotopic (exact) mass is 400 g/mol. The van der Waals surface area contributed by atoms with Crippen molar-refractivity contribution in [2.45, 2.75) is 39.3 Å². The number of nitrogens with zero attached hydrogens (tertiary/aromatic N) is 1. The van der Waals surface area contributed by atoms with Crippen LogP contribution in [0.25, 0.3) is 0 Å². The van der Waals surface area contributed by atoms with Gasteiger partial charge in [-0.15, -0.1) is 0 Å². The lowest BCUT2D eigenvalue weighted by Crippen LogP contribution is -2.46. The smallest absolute Gasteiger partial charge is 0.224 e. The number of nitrogens with one attached hydrogen (secondary N) is 1. The summed E-state index contributed by atoms with van der Waals surface area (Å²) in [5.41, 5.74) is 2.32. The number of carbonyl (C=O) groups excluding carboxylic acids is 1. The lowest BCUT2D eigenvalue weighted by Gasteiger charge is -2.32. The topological polar surface area (TPSA) is 41.6 Å². The molecule has 1 amide bonds. The van der Waals surface area contributed by atoms with E-state index in [0.29, 0.717) is 6.61 Å². The Morgan fingerprint density at radius 1 is 1.25 bits per heavy atom. The summed E-state index contributed by atoms with van der Waals surface area (Å²) >= 11 is 6.29. The van der Waals surface area contributed by atoms with Gasteiger partial charge in [0.15, 0.2) is 0 Å². The number of halogens is 1. The van der Waals surface area contributed by atoms with Crippen molar-refractivity contribution < 1.29 is 9.53 Å². The third-order valence-electron chi connectivity index (χ3n) is 5.14. The molecule has 2 atom stereocenters. The van der Waals surface area contributed by atoms with Gasteiger partial charge in [-0.3, -0.25) is 9.69 Å². The largest absolute Gasteiger partial charge is 0.491 e. The van der Waals surface area contributed by atoms with Crippen molar-refractivity contribution in [3.63, 3.8) is 0 Å². The average molecular weight is 401 g/mol. The minimum absolute atomic E-state index is 0.0121. The first-order chi connectivity index (χ1) is 13.5. The van der Waals surface area contributed by atoms with Gasteiger partial charge in [0.05, 0.1) is 12.0 Å². The van der Waals surface area contributed by atoms with Gasteiger partial charge >= 0.3 is 0 Å². The zero-order chi connectivity index (χ0) is 19.9. The number of aryl methyl sites for hydroxylation is 1. The Labute approximate surface area is 172 Å². The highest BCUT2D eigenvalue weighted by atomic mass is 35.5. The van der Waals surface area contributed by atoms with Crippen LogP contribution in [0.5, 0.6) is 5.75 Å². The van der Waals surface area contributed by atoms with Gasteiger partial charge in [-0.1, -0.05) is 47.5 Å². The molecular weight excluding hydrogens is 372 g/mol. The molecule has 5 heteroatoms. The van der Waals surface area contributed by atoms with Gasteiger partial charge in [0.25, 0.3) is 0 Å². The van der Waals surface area contributed by atoms with Gasteiger partial charge in [0.2, 0.25) is 5.91 Å². The molecule has 0 radical (unpaired) electrons. The van der Waals surface area contributed by atoms with E-state index in [-0.39, 0.29) is 17.9 Å². The lowest BCUT2D eigenvalue weighted by molar-refractivity contribution is -0.127. The van der Waals surface area contributed by atoms with Crippen LogP contribution in [0.15, 0.2) is 48.5 Å². The van der Waals surface area contributed by atoms with Crippen LogP contribution in [-0.2, 0) is 11.3 Å². The first-order valence-electron chi connectivity index (χ1n) is 9.97. The van der Waals surface area contributed by atoms with Gasteiger partial charge in [0, 0.05) is 18.1 Å². The van der Waals surface area contributed by atoms with Gasteiger partial charge in [-0.05, 0) is 57.0 Å². The second kappa shape index (κ2) is 9.94. The number of hydrogen-bond acceptors (Lipinski definition) is 3. The third kappa shape index (κ3) is 5.98. The molecule has 1 N–H and O–H groups in total. The highest BCUT2D eigenvalue weighted by Gasteiger charge is 2.26. The highest BCUT2D eigenvalue weighted by Crippen LogP contribution is 2.22. The number of carbonyl (C=O) groups is 1. The van der Waals surface area contributed by atoms with Crippen LogP contribution in [0.4, 0.5) is 0 Å². The third-order valence-corrected chi connectivity index (χ3v) is 5.51. The minimum atomic E-state index is -0.0345. The first kappa shape index (κ1) is 20.7. The number of rotatable bonds is 7. The van der Waals surface area contributed by atoms with Crippen LogP contribution in [-0.4, -0.2) is 36.5 Å². The van der Waals surface area contributed by atoms with Crippen molar-refractivity contribution >= 4 is 17.5 Å². The predicted molar refractivity (Wildman–Crippen MR) is 114 cm³/mol. The molecule has 1 aliphatic heterocycles. The molecule has 1 fully saturated rings. The molecule has 1 heterocycles. The molecular formula is C23H29ClN2O2. The number of benzene rings is 2. The summed E-state index contributed by atoms with van der Waals surface area (Å²) in [4.78, 5) is 15.0. The second-order valence-electron chi connectivity index (χ2n) is 7.70. The first-order valence-corrected chi connectivity index (χ1v) is 10.3. The molecule has 2 aromatic rings. The van der Waals surface area contributed by atoms with Gasteiger partial charge in [0.1, 0.15) is 12.4 Å². The van der Waals surface area contributed by atoms with Crippen molar-refractivity contribution in [1.82, 2.24) is 10.2 Å². The summed E-state index contributed by atoms with van der Waals surface area (Å²) in [5.74, 6) is 0.956. The molecule has 0 saturated carbocycles. The fourth-order valence-corrected chi connectivity index (χ4v) is 3.73. The zero-order valence-corrected chi connectivity index (χ0v) is 17.4. The normalized spacial score (nSPS) is 18.5. The van der Waals surface area contributed by atoms with Crippen LogP contribution < -0.4 is 10.1 Å². The molecule has 28 heavy (non-hydrogen) atoms. The Bertz CT molecular complexity index is 778. The summed E-state index contributed by atoms with van der Waals surface area (Å²) in [7, 11) is 0. The van der Waals surface area contributed by atoms with Crippen LogP contribution in [0.2, 0.25) is 5.02 Å².